The lowest BCUT2D eigenvalue weighted by Crippen LogP contribution is -2.43. The third kappa shape index (κ3) is 6.10. The third-order valence-electron chi connectivity index (χ3n) is 3.31. The molecular weight excluding hydrogens is 325 g/mol. The van der Waals surface area contributed by atoms with Crippen molar-refractivity contribution in [1.29, 1.82) is 0 Å². The van der Waals surface area contributed by atoms with Gasteiger partial charge in [0.2, 0.25) is 0 Å². The maximum absolute atomic E-state index is 12.9. The fourth-order valence-electron chi connectivity index (χ4n) is 2.16. The van der Waals surface area contributed by atoms with Crippen LogP contribution in [-0.2, 0) is 11.0 Å². The molecule has 0 radical (unpaired) electrons. The summed E-state index contributed by atoms with van der Waals surface area (Å²) in [5.41, 5.74) is -1.01. The van der Waals surface area contributed by atoms with Gasteiger partial charge in [0.25, 0.3) is 0 Å². The van der Waals surface area contributed by atoms with Gasteiger partial charge in [0.05, 0.1) is 18.0 Å². The minimum Gasteiger partial charge on any atom is -0.481 e. The maximum atomic E-state index is 12.9. The molecule has 1 atom stereocenters. The number of amides is 2. The van der Waals surface area contributed by atoms with Crippen molar-refractivity contribution in [3.8, 4) is 0 Å². The van der Waals surface area contributed by atoms with Crippen LogP contribution in [-0.4, -0.2) is 23.7 Å². The van der Waals surface area contributed by atoms with Crippen LogP contribution in [0.4, 0.5) is 18.0 Å². The average molecular weight is 346 g/mol. The van der Waals surface area contributed by atoms with Crippen LogP contribution in [0.15, 0.2) is 24.3 Å². The highest BCUT2D eigenvalue weighted by Gasteiger charge is 2.33. The highest BCUT2D eigenvalue weighted by atomic mass is 19.4. The molecule has 0 saturated heterocycles. The van der Waals surface area contributed by atoms with Gasteiger partial charge in [0.1, 0.15) is 0 Å². The molecular formula is C16H21F3N2O3. The van der Waals surface area contributed by atoms with E-state index in [0.717, 1.165) is 12.1 Å². The minimum absolute atomic E-state index is 0.0688. The summed E-state index contributed by atoms with van der Waals surface area (Å²) in [7, 11) is 0. The van der Waals surface area contributed by atoms with Gasteiger partial charge in [-0.3, -0.25) is 4.79 Å². The number of alkyl halides is 3. The summed E-state index contributed by atoms with van der Waals surface area (Å²) in [4.78, 5) is 22.3. The molecule has 0 spiro atoms. The number of urea groups is 1. The largest absolute Gasteiger partial charge is 0.481 e. The van der Waals surface area contributed by atoms with Crippen molar-refractivity contribution in [3.05, 3.63) is 35.4 Å². The Hall–Kier alpha value is -2.25. The zero-order valence-electron chi connectivity index (χ0n) is 13.7. The first-order valence-corrected chi connectivity index (χ1v) is 7.34. The lowest BCUT2D eigenvalue weighted by molar-refractivity contribution is -0.138. The molecule has 24 heavy (non-hydrogen) atoms. The van der Waals surface area contributed by atoms with Gasteiger partial charge in [0, 0.05) is 6.54 Å². The summed E-state index contributed by atoms with van der Waals surface area (Å²) < 4.78 is 38.6. The van der Waals surface area contributed by atoms with E-state index >= 15 is 0 Å². The van der Waals surface area contributed by atoms with Gasteiger partial charge < -0.3 is 15.7 Å². The monoisotopic (exact) mass is 346 g/mol. The number of carboxylic acids is 1. The Labute approximate surface area is 138 Å². The van der Waals surface area contributed by atoms with Gasteiger partial charge in [0.15, 0.2) is 0 Å². The summed E-state index contributed by atoms with van der Waals surface area (Å²) in [5.74, 6) is -1.06. The molecule has 0 bridgehead atoms. The molecule has 3 N–H and O–H groups in total. The van der Waals surface area contributed by atoms with Gasteiger partial charge in [-0.2, -0.15) is 13.2 Å². The van der Waals surface area contributed by atoms with Crippen LogP contribution in [0.1, 0.15) is 44.4 Å². The topological polar surface area (TPSA) is 78.4 Å². The molecule has 134 valence electrons. The van der Waals surface area contributed by atoms with Crippen LogP contribution >= 0.6 is 0 Å². The number of aliphatic carboxylic acids is 1. The molecule has 2 amide bonds. The van der Waals surface area contributed by atoms with E-state index in [1.165, 1.54) is 12.1 Å². The number of carboxylic acid groups (broad SMARTS) is 1. The van der Waals surface area contributed by atoms with E-state index < -0.39 is 35.2 Å². The normalized spacial score (nSPS) is 13.2. The van der Waals surface area contributed by atoms with Crippen LogP contribution in [0.2, 0.25) is 0 Å². The third-order valence-corrected chi connectivity index (χ3v) is 3.31. The Morgan fingerprint density at radius 1 is 1.21 bits per heavy atom. The van der Waals surface area contributed by atoms with Crippen molar-refractivity contribution in [2.75, 3.05) is 6.54 Å². The van der Waals surface area contributed by atoms with Crippen molar-refractivity contribution >= 4 is 12.0 Å². The Bertz CT molecular complexity index is 595. The zero-order valence-corrected chi connectivity index (χ0v) is 13.7. The summed E-state index contributed by atoms with van der Waals surface area (Å²) in [6.07, 6.45) is -4.71. The number of halogens is 3. The molecule has 0 fully saturated rings. The number of benzene rings is 1. The Morgan fingerprint density at radius 3 is 2.33 bits per heavy atom. The molecule has 0 aliphatic rings. The fourth-order valence-corrected chi connectivity index (χ4v) is 2.16. The van der Waals surface area contributed by atoms with E-state index in [1.54, 1.807) is 20.8 Å². The zero-order chi connectivity index (χ0) is 18.5. The number of carbonyl (C=O) groups excluding carboxylic acids is 1. The predicted molar refractivity (Wildman–Crippen MR) is 82.4 cm³/mol. The molecule has 8 heteroatoms. The van der Waals surface area contributed by atoms with Crippen LogP contribution < -0.4 is 10.6 Å². The Morgan fingerprint density at radius 2 is 1.83 bits per heavy atom. The SMILES string of the molecule is CC(C)(C)C(NC(=O)NCCC(=O)O)c1cccc(C(F)(F)F)c1. The molecule has 1 unspecified atom stereocenters. The van der Waals surface area contributed by atoms with Crippen molar-refractivity contribution in [1.82, 2.24) is 10.6 Å². The molecule has 0 aliphatic carbocycles. The highest BCUT2D eigenvalue weighted by Crippen LogP contribution is 2.36. The second-order valence-corrected chi connectivity index (χ2v) is 6.47. The smallest absolute Gasteiger partial charge is 0.416 e. The molecule has 1 aromatic rings. The van der Waals surface area contributed by atoms with E-state index in [2.05, 4.69) is 10.6 Å². The summed E-state index contributed by atoms with van der Waals surface area (Å²) >= 11 is 0. The number of carbonyl (C=O) groups is 2. The molecule has 5 nitrogen and oxygen atoms in total. The lowest BCUT2D eigenvalue weighted by atomic mass is 9.82. The first-order valence-electron chi connectivity index (χ1n) is 7.34. The van der Waals surface area contributed by atoms with E-state index in [-0.39, 0.29) is 13.0 Å². The van der Waals surface area contributed by atoms with Crippen LogP contribution in [0.5, 0.6) is 0 Å². The molecule has 0 saturated carbocycles. The molecule has 1 aromatic carbocycles. The number of hydrogen-bond acceptors (Lipinski definition) is 2. The molecule has 0 aliphatic heterocycles. The van der Waals surface area contributed by atoms with Crippen LogP contribution in [0, 0.1) is 5.41 Å². The van der Waals surface area contributed by atoms with Gasteiger partial charge >= 0.3 is 18.2 Å². The lowest BCUT2D eigenvalue weighted by Gasteiger charge is -2.32. The molecule has 0 aromatic heterocycles. The van der Waals surface area contributed by atoms with Crippen molar-refractivity contribution in [3.63, 3.8) is 0 Å². The molecule has 1 rings (SSSR count). The Kier molecular flexibility index (Phi) is 6.22. The van der Waals surface area contributed by atoms with Crippen LogP contribution in [0.25, 0.3) is 0 Å². The van der Waals surface area contributed by atoms with Gasteiger partial charge in [-0.15, -0.1) is 0 Å². The van der Waals surface area contributed by atoms with Crippen molar-refractivity contribution in [2.45, 2.75) is 39.4 Å². The van der Waals surface area contributed by atoms with E-state index in [4.69, 9.17) is 5.11 Å². The van der Waals surface area contributed by atoms with Gasteiger partial charge in [-0.25, -0.2) is 4.79 Å². The van der Waals surface area contributed by atoms with Crippen LogP contribution in [0.3, 0.4) is 0 Å². The number of rotatable bonds is 5. The van der Waals surface area contributed by atoms with Gasteiger partial charge in [-0.1, -0.05) is 32.9 Å². The summed E-state index contributed by atoms with van der Waals surface area (Å²) in [5, 5.41) is 13.5. The van der Waals surface area contributed by atoms with Crippen molar-refractivity contribution < 1.29 is 27.9 Å². The molecule has 0 heterocycles. The summed E-state index contributed by atoms with van der Waals surface area (Å²) in [6, 6.07) is 3.48. The Balaban J connectivity index is 2.95. The quantitative estimate of drug-likeness (QED) is 0.763. The first kappa shape index (κ1) is 19.8. The number of nitrogens with one attached hydrogen (secondary N) is 2. The van der Waals surface area contributed by atoms with E-state index in [0.29, 0.717) is 5.56 Å². The standard InChI is InChI=1S/C16H21F3N2O3/c1-15(2,3)13(21-14(24)20-8-7-12(22)23)10-5-4-6-11(9-10)16(17,18)19/h4-6,9,13H,7-8H2,1-3H3,(H,22,23)(H2,20,21,24). The minimum atomic E-state index is -4.47. The summed E-state index contributed by atoms with van der Waals surface area (Å²) in [6.45, 7) is 5.29. The van der Waals surface area contributed by atoms with E-state index in [9.17, 15) is 22.8 Å². The van der Waals surface area contributed by atoms with Gasteiger partial charge in [-0.05, 0) is 23.1 Å². The number of hydrogen-bond donors (Lipinski definition) is 3. The first-order chi connectivity index (χ1) is 10.9. The van der Waals surface area contributed by atoms with Crippen molar-refractivity contribution in [2.24, 2.45) is 5.41 Å². The maximum Gasteiger partial charge on any atom is 0.416 e. The fraction of sp³-hybridized carbons (Fsp3) is 0.500. The second-order valence-electron chi connectivity index (χ2n) is 6.47. The highest BCUT2D eigenvalue weighted by molar-refractivity contribution is 5.75. The average Bonchev–Trinajstić information content (AvgIpc) is 2.42. The predicted octanol–water partition coefficient (Wildman–Crippen LogP) is 3.57. The van der Waals surface area contributed by atoms with E-state index in [1.807, 2.05) is 0 Å². The second kappa shape index (κ2) is 7.55.